The topological polar surface area (TPSA) is 15.3 Å². The Balaban J connectivity index is 1.61. The quantitative estimate of drug-likeness (QED) is 0.898. The normalized spacial score (nSPS) is 28.5. The van der Waals surface area contributed by atoms with Crippen LogP contribution in [0.5, 0.6) is 0 Å². The molecule has 18 heavy (non-hydrogen) atoms. The molecule has 3 heteroatoms. The molecule has 2 fully saturated rings. The van der Waals surface area contributed by atoms with Gasteiger partial charge in [-0.3, -0.25) is 4.90 Å². The Morgan fingerprint density at radius 2 is 2.06 bits per heavy atom. The molecule has 1 N–H and O–H groups in total. The molecule has 0 spiro atoms. The van der Waals surface area contributed by atoms with Crippen molar-refractivity contribution in [1.82, 2.24) is 10.2 Å². The molecule has 3 rings (SSSR count). The van der Waals surface area contributed by atoms with Gasteiger partial charge >= 0.3 is 0 Å². The molecule has 0 amide bonds. The molecule has 2 nitrogen and oxygen atoms in total. The van der Waals surface area contributed by atoms with Gasteiger partial charge in [0.15, 0.2) is 0 Å². The molecule has 2 unspecified atom stereocenters. The molecule has 2 aliphatic rings. The van der Waals surface area contributed by atoms with Crippen LogP contribution in [-0.2, 0) is 13.1 Å². The molecule has 1 saturated heterocycles. The van der Waals surface area contributed by atoms with Crippen molar-refractivity contribution in [3.05, 3.63) is 21.9 Å². The van der Waals surface area contributed by atoms with Crippen molar-refractivity contribution < 1.29 is 0 Å². The van der Waals surface area contributed by atoms with Crippen molar-refractivity contribution in [2.24, 2.45) is 5.92 Å². The molecule has 0 bridgehead atoms. The molecule has 1 aromatic heterocycles. The third kappa shape index (κ3) is 2.63. The van der Waals surface area contributed by atoms with E-state index in [2.05, 4.69) is 22.3 Å². The third-order valence-electron chi connectivity index (χ3n) is 4.55. The largest absolute Gasteiger partial charge is 0.315 e. The SMILES string of the molecule is CNCc1ccc(CN2CCC3CCCCC32)s1. The van der Waals surface area contributed by atoms with Crippen LogP contribution >= 0.6 is 11.3 Å². The summed E-state index contributed by atoms with van der Waals surface area (Å²) < 4.78 is 0. The number of fused-ring (bicyclic) bond motifs is 1. The van der Waals surface area contributed by atoms with Crippen LogP contribution in [0.15, 0.2) is 12.1 Å². The Kier molecular flexibility index (Phi) is 4.02. The van der Waals surface area contributed by atoms with Gasteiger partial charge in [-0.05, 0) is 50.9 Å². The molecule has 100 valence electrons. The van der Waals surface area contributed by atoms with Gasteiger partial charge in [-0.25, -0.2) is 0 Å². The summed E-state index contributed by atoms with van der Waals surface area (Å²) in [5.74, 6) is 1.01. The number of hydrogen-bond acceptors (Lipinski definition) is 3. The number of rotatable bonds is 4. The highest BCUT2D eigenvalue weighted by molar-refractivity contribution is 7.11. The lowest BCUT2D eigenvalue weighted by Crippen LogP contribution is -2.33. The second-order valence-electron chi connectivity index (χ2n) is 5.77. The minimum absolute atomic E-state index is 0.897. The predicted molar refractivity (Wildman–Crippen MR) is 77.9 cm³/mol. The summed E-state index contributed by atoms with van der Waals surface area (Å²) in [7, 11) is 2.02. The summed E-state index contributed by atoms with van der Waals surface area (Å²) in [5.41, 5.74) is 0. The fourth-order valence-electron chi connectivity index (χ4n) is 3.68. The van der Waals surface area contributed by atoms with Crippen LogP contribution in [0, 0.1) is 5.92 Å². The van der Waals surface area contributed by atoms with Crippen molar-refractivity contribution >= 4 is 11.3 Å². The second kappa shape index (κ2) is 5.72. The molecule has 2 heterocycles. The number of nitrogens with one attached hydrogen (secondary N) is 1. The van der Waals surface area contributed by atoms with Gasteiger partial charge < -0.3 is 5.32 Å². The van der Waals surface area contributed by atoms with Gasteiger partial charge in [0.05, 0.1) is 0 Å². The first-order valence-electron chi connectivity index (χ1n) is 7.33. The molecule has 1 aliphatic carbocycles. The predicted octanol–water partition coefficient (Wildman–Crippen LogP) is 3.23. The minimum Gasteiger partial charge on any atom is -0.315 e. The average Bonchev–Trinajstić information content (AvgIpc) is 2.99. The minimum atomic E-state index is 0.897. The van der Waals surface area contributed by atoms with Crippen LogP contribution in [0.25, 0.3) is 0 Å². The summed E-state index contributed by atoms with van der Waals surface area (Å²) in [6.45, 7) is 3.53. The third-order valence-corrected chi connectivity index (χ3v) is 5.62. The van der Waals surface area contributed by atoms with Gasteiger partial charge in [-0.15, -0.1) is 11.3 Å². The first-order valence-corrected chi connectivity index (χ1v) is 8.14. The van der Waals surface area contributed by atoms with E-state index >= 15 is 0 Å². The summed E-state index contributed by atoms with van der Waals surface area (Å²) in [5, 5.41) is 3.23. The zero-order chi connectivity index (χ0) is 12.4. The maximum Gasteiger partial charge on any atom is 0.0331 e. The maximum atomic E-state index is 3.23. The Bertz CT molecular complexity index is 388. The zero-order valence-corrected chi connectivity index (χ0v) is 12.1. The lowest BCUT2D eigenvalue weighted by molar-refractivity contribution is 0.177. The number of nitrogens with zero attached hydrogens (tertiary/aromatic N) is 1. The van der Waals surface area contributed by atoms with Crippen LogP contribution in [-0.4, -0.2) is 24.5 Å². The second-order valence-corrected chi connectivity index (χ2v) is 7.02. The van der Waals surface area contributed by atoms with E-state index in [1.807, 2.05) is 18.4 Å². The van der Waals surface area contributed by atoms with Crippen LogP contribution in [0.4, 0.5) is 0 Å². The fourth-order valence-corrected chi connectivity index (χ4v) is 4.73. The fraction of sp³-hybridized carbons (Fsp3) is 0.733. The highest BCUT2D eigenvalue weighted by atomic mass is 32.1. The van der Waals surface area contributed by atoms with E-state index in [1.165, 1.54) is 50.1 Å². The van der Waals surface area contributed by atoms with Crippen molar-refractivity contribution in [3.8, 4) is 0 Å². The molecule has 0 radical (unpaired) electrons. The highest BCUT2D eigenvalue weighted by Gasteiger charge is 2.35. The van der Waals surface area contributed by atoms with Crippen LogP contribution in [0.2, 0.25) is 0 Å². The number of hydrogen-bond donors (Lipinski definition) is 1. The van der Waals surface area contributed by atoms with Gasteiger partial charge in [0.1, 0.15) is 0 Å². The van der Waals surface area contributed by atoms with Gasteiger partial charge in [-0.1, -0.05) is 12.8 Å². The van der Waals surface area contributed by atoms with E-state index in [-0.39, 0.29) is 0 Å². The van der Waals surface area contributed by atoms with Gasteiger partial charge in [-0.2, -0.15) is 0 Å². The Morgan fingerprint density at radius 1 is 1.22 bits per heavy atom. The van der Waals surface area contributed by atoms with E-state index in [4.69, 9.17) is 0 Å². The average molecular weight is 264 g/mol. The number of likely N-dealkylation sites (tertiary alicyclic amines) is 1. The molecule has 2 atom stereocenters. The van der Waals surface area contributed by atoms with Crippen LogP contribution in [0.3, 0.4) is 0 Å². The Hall–Kier alpha value is -0.380. The van der Waals surface area contributed by atoms with E-state index in [1.54, 1.807) is 4.88 Å². The van der Waals surface area contributed by atoms with Crippen LogP contribution < -0.4 is 5.32 Å². The van der Waals surface area contributed by atoms with Crippen molar-refractivity contribution in [3.63, 3.8) is 0 Å². The van der Waals surface area contributed by atoms with Crippen molar-refractivity contribution in [2.45, 2.75) is 51.2 Å². The molecular weight excluding hydrogens is 240 g/mol. The lowest BCUT2D eigenvalue weighted by atomic mass is 9.85. The zero-order valence-electron chi connectivity index (χ0n) is 11.3. The highest BCUT2D eigenvalue weighted by Crippen LogP contribution is 2.37. The van der Waals surface area contributed by atoms with Gasteiger partial charge in [0.25, 0.3) is 0 Å². The monoisotopic (exact) mass is 264 g/mol. The molecule has 1 saturated carbocycles. The van der Waals surface area contributed by atoms with E-state index < -0.39 is 0 Å². The van der Waals surface area contributed by atoms with E-state index in [9.17, 15) is 0 Å². The molecule has 1 aliphatic heterocycles. The summed E-state index contributed by atoms with van der Waals surface area (Å²) in [6.07, 6.45) is 7.29. The maximum absolute atomic E-state index is 3.23. The Morgan fingerprint density at radius 3 is 2.94 bits per heavy atom. The van der Waals surface area contributed by atoms with Crippen molar-refractivity contribution in [1.29, 1.82) is 0 Å². The molecule has 0 aromatic carbocycles. The number of thiophene rings is 1. The molecular formula is C15H24N2S. The summed E-state index contributed by atoms with van der Waals surface area (Å²) in [6, 6.07) is 5.51. The smallest absolute Gasteiger partial charge is 0.0331 e. The standard InChI is InChI=1S/C15H24N2S/c1-16-10-13-6-7-14(18-13)11-17-9-8-12-4-2-3-5-15(12)17/h6-7,12,15-16H,2-5,8-11H2,1H3. The van der Waals surface area contributed by atoms with Crippen LogP contribution in [0.1, 0.15) is 41.9 Å². The first kappa shape index (κ1) is 12.6. The van der Waals surface area contributed by atoms with Gasteiger partial charge in [0, 0.05) is 28.9 Å². The molecule has 1 aromatic rings. The van der Waals surface area contributed by atoms with Gasteiger partial charge in [0.2, 0.25) is 0 Å². The van der Waals surface area contributed by atoms with Crippen molar-refractivity contribution in [2.75, 3.05) is 13.6 Å². The first-order chi connectivity index (χ1) is 8.86. The lowest BCUT2D eigenvalue weighted by Gasteiger charge is -2.31. The summed E-state index contributed by atoms with van der Waals surface area (Å²) in [4.78, 5) is 5.76. The Labute approximate surface area is 114 Å². The summed E-state index contributed by atoms with van der Waals surface area (Å²) >= 11 is 1.98. The van der Waals surface area contributed by atoms with E-state index in [0.717, 1.165) is 18.5 Å². The van der Waals surface area contributed by atoms with E-state index in [0.29, 0.717) is 0 Å².